The molecule has 0 spiro atoms. The molecule has 6 nitrogen and oxygen atoms in total. The van der Waals surface area contributed by atoms with Gasteiger partial charge in [0.2, 0.25) is 11.8 Å². The molecule has 0 heterocycles. The summed E-state index contributed by atoms with van der Waals surface area (Å²) in [5, 5.41) is 12.3. The Bertz CT molecular complexity index is 515. The number of hydrogen-bond donors (Lipinski definition) is 4. The van der Waals surface area contributed by atoms with Gasteiger partial charge in [-0.05, 0) is 57.0 Å². The van der Waals surface area contributed by atoms with Crippen molar-refractivity contribution in [2.75, 3.05) is 6.54 Å². The molecular weight excluding hydrogens is 356 g/mol. The molecule has 0 radical (unpaired) electrons. The van der Waals surface area contributed by atoms with Crippen LogP contribution in [-0.4, -0.2) is 34.6 Å². The van der Waals surface area contributed by atoms with Gasteiger partial charge in [-0.25, -0.2) is 0 Å². The SMILES string of the molecule is C[C@H](CNC(=S)NC(=O)C1CCCC1)NC(=S)NC(=O)C1CCCC1. The monoisotopic (exact) mass is 384 g/mol. The van der Waals surface area contributed by atoms with Crippen LogP contribution in [-0.2, 0) is 9.59 Å². The normalized spacial score (nSPS) is 19.2. The zero-order chi connectivity index (χ0) is 18.2. The van der Waals surface area contributed by atoms with Crippen LogP contribution in [0.2, 0.25) is 0 Å². The zero-order valence-corrected chi connectivity index (χ0v) is 16.4. The molecule has 2 aliphatic carbocycles. The van der Waals surface area contributed by atoms with Gasteiger partial charge < -0.3 is 21.3 Å². The van der Waals surface area contributed by atoms with Crippen molar-refractivity contribution in [3.63, 3.8) is 0 Å². The van der Waals surface area contributed by atoms with Gasteiger partial charge in [0, 0.05) is 24.4 Å². The fourth-order valence-electron chi connectivity index (χ4n) is 3.40. The first-order chi connectivity index (χ1) is 12.0. The lowest BCUT2D eigenvalue weighted by atomic mass is 10.1. The summed E-state index contributed by atoms with van der Waals surface area (Å²) in [6.07, 6.45) is 8.24. The lowest BCUT2D eigenvalue weighted by Gasteiger charge is -2.19. The third kappa shape index (κ3) is 6.86. The number of carbonyl (C=O) groups is 2. The zero-order valence-electron chi connectivity index (χ0n) is 14.7. The third-order valence-corrected chi connectivity index (χ3v) is 5.34. The van der Waals surface area contributed by atoms with Crippen molar-refractivity contribution in [3.8, 4) is 0 Å². The predicted molar refractivity (Wildman–Crippen MR) is 106 cm³/mol. The Morgan fingerprint density at radius 1 is 0.880 bits per heavy atom. The van der Waals surface area contributed by atoms with Crippen LogP contribution in [0.4, 0.5) is 0 Å². The Labute approximate surface area is 160 Å². The van der Waals surface area contributed by atoms with Crippen molar-refractivity contribution in [2.24, 2.45) is 11.8 Å². The fourth-order valence-corrected chi connectivity index (χ4v) is 3.89. The van der Waals surface area contributed by atoms with E-state index in [9.17, 15) is 9.59 Å². The Balaban J connectivity index is 1.61. The van der Waals surface area contributed by atoms with E-state index in [1.165, 1.54) is 0 Å². The van der Waals surface area contributed by atoms with Crippen molar-refractivity contribution in [1.29, 1.82) is 0 Å². The predicted octanol–water partition coefficient (Wildman–Crippen LogP) is 1.74. The molecule has 8 heteroatoms. The molecule has 4 N–H and O–H groups in total. The van der Waals surface area contributed by atoms with Crippen LogP contribution in [0.15, 0.2) is 0 Å². The van der Waals surface area contributed by atoms with Crippen molar-refractivity contribution >= 4 is 46.5 Å². The average Bonchev–Trinajstić information content (AvgIpc) is 3.25. The summed E-state index contributed by atoms with van der Waals surface area (Å²) < 4.78 is 0. The van der Waals surface area contributed by atoms with Gasteiger partial charge in [-0.15, -0.1) is 0 Å². The number of thiocarbonyl (C=S) groups is 2. The minimum atomic E-state index is -0.0299. The van der Waals surface area contributed by atoms with Gasteiger partial charge in [0.25, 0.3) is 0 Å². The molecule has 0 unspecified atom stereocenters. The van der Waals surface area contributed by atoms with Crippen LogP contribution in [0.25, 0.3) is 0 Å². The molecule has 0 saturated heterocycles. The van der Waals surface area contributed by atoms with E-state index in [0.29, 0.717) is 16.8 Å². The lowest BCUT2D eigenvalue weighted by molar-refractivity contribution is -0.124. The Kier molecular flexibility index (Phi) is 8.02. The molecule has 1 atom stereocenters. The first-order valence-corrected chi connectivity index (χ1v) is 9.97. The molecule has 0 aromatic carbocycles. The quantitative estimate of drug-likeness (QED) is 0.541. The number of hydrogen-bond acceptors (Lipinski definition) is 4. The highest BCUT2D eigenvalue weighted by molar-refractivity contribution is 7.80. The van der Waals surface area contributed by atoms with Crippen LogP contribution in [0.5, 0.6) is 0 Å². The van der Waals surface area contributed by atoms with Crippen LogP contribution < -0.4 is 21.3 Å². The number of nitrogens with one attached hydrogen (secondary N) is 4. The van der Waals surface area contributed by atoms with Crippen molar-refractivity contribution in [1.82, 2.24) is 21.3 Å². The molecule has 2 amide bonds. The van der Waals surface area contributed by atoms with Crippen LogP contribution >= 0.6 is 24.4 Å². The lowest BCUT2D eigenvalue weighted by Crippen LogP contribution is -2.50. The smallest absolute Gasteiger partial charge is 0.229 e. The molecule has 0 bridgehead atoms. The van der Waals surface area contributed by atoms with Crippen LogP contribution in [0.3, 0.4) is 0 Å². The highest BCUT2D eigenvalue weighted by atomic mass is 32.1. The van der Waals surface area contributed by atoms with Crippen LogP contribution in [0, 0.1) is 11.8 Å². The summed E-state index contributed by atoms with van der Waals surface area (Å²) >= 11 is 10.4. The number of carbonyl (C=O) groups excluding carboxylic acids is 2. The number of rotatable bonds is 5. The summed E-state index contributed by atoms with van der Waals surface area (Å²) in [7, 11) is 0. The average molecular weight is 385 g/mol. The summed E-state index contributed by atoms with van der Waals surface area (Å²) in [6, 6.07) is -0.0299. The first kappa shape index (κ1) is 20.0. The van der Waals surface area contributed by atoms with Gasteiger partial charge in [-0.3, -0.25) is 9.59 Å². The minimum absolute atomic E-state index is 0.00880. The summed E-state index contributed by atoms with van der Waals surface area (Å²) in [5.74, 6) is 0.199. The summed E-state index contributed by atoms with van der Waals surface area (Å²) in [5.41, 5.74) is 0. The maximum absolute atomic E-state index is 12.0. The van der Waals surface area contributed by atoms with E-state index in [4.69, 9.17) is 24.4 Å². The molecular formula is C17H28N4O2S2. The Morgan fingerprint density at radius 2 is 1.32 bits per heavy atom. The summed E-state index contributed by atoms with van der Waals surface area (Å²) in [6.45, 7) is 2.44. The van der Waals surface area contributed by atoms with E-state index in [1.54, 1.807) is 0 Å². The van der Waals surface area contributed by atoms with E-state index in [-0.39, 0.29) is 29.7 Å². The van der Waals surface area contributed by atoms with Gasteiger partial charge in [0.1, 0.15) is 0 Å². The van der Waals surface area contributed by atoms with Crippen molar-refractivity contribution in [3.05, 3.63) is 0 Å². The molecule has 2 aliphatic rings. The maximum Gasteiger partial charge on any atom is 0.229 e. The highest BCUT2D eigenvalue weighted by Gasteiger charge is 2.24. The molecule has 0 aromatic rings. The van der Waals surface area contributed by atoms with E-state index < -0.39 is 0 Å². The Hall–Kier alpha value is -1.28. The van der Waals surface area contributed by atoms with Crippen molar-refractivity contribution < 1.29 is 9.59 Å². The van der Waals surface area contributed by atoms with Gasteiger partial charge in [0.15, 0.2) is 10.2 Å². The molecule has 140 valence electrons. The Morgan fingerprint density at radius 3 is 1.80 bits per heavy atom. The topological polar surface area (TPSA) is 82.3 Å². The van der Waals surface area contributed by atoms with Gasteiger partial charge in [-0.2, -0.15) is 0 Å². The first-order valence-electron chi connectivity index (χ1n) is 9.15. The molecule has 0 aromatic heterocycles. The van der Waals surface area contributed by atoms with E-state index in [1.807, 2.05) is 6.92 Å². The molecule has 25 heavy (non-hydrogen) atoms. The van der Waals surface area contributed by atoms with Crippen LogP contribution in [0.1, 0.15) is 58.3 Å². The van der Waals surface area contributed by atoms with Gasteiger partial charge >= 0.3 is 0 Å². The largest absolute Gasteiger partial charge is 0.360 e. The fraction of sp³-hybridized carbons (Fsp3) is 0.765. The minimum Gasteiger partial charge on any atom is -0.360 e. The standard InChI is InChI=1S/C17H28N4O2S2/c1-11(19-17(25)21-15(23)13-8-4-5-9-13)10-18-16(24)20-14(22)12-6-2-3-7-12/h11-13H,2-10H2,1H3,(H2,18,20,22,24)(H2,19,21,23,25)/t11-/m1/s1. The third-order valence-electron chi connectivity index (χ3n) is 4.87. The highest BCUT2D eigenvalue weighted by Crippen LogP contribution is 2.25. The summed E-state index contributed by atoms with van der Waals surface area (Å²) in [4.78, 5) is 24.0. The van der Waals surface area contributed by atoms with E-state index in [2.05, 4.69) is 21.3 Å². The molecule has 2 fully saturated rings. The molecule has 2 rings (SSSR count). The van der Waals surface area contributed by atoms with Gasteiger partial charge in [-0.1, -0.05) is 25.7 Å². The van der Waals surface area contributed by atoms with E-state index in [0.717, 1.165) is 51.4 Å². The second-order valence-corrected chi connectivity index (χ2v) is 7.84. The maximum atomic E-state index is 12.0. The van der Waals surface area contributed by atoms with Crippen molar-refractivity contribution in [2.45, 2.75) is 64.3 Å². The van der Waals surface area contributed by atoms with E-state index >= 15 is 0 Å². The molecule has 2 saturated carbocycles. The number of amides is 2. The second-order valence-electron chi connectivity index (χ2n) is 7.03. The second kappa shape index (κ2) is 10.0. The van der Waals surface area contributed by atoms with Gasteiger partial charge in [0.05, 0.1) is 0 Å². The molecule has 0 aliphatic heterocycles.